The molecule has 1 aromatic carbocycles. The Morgan fingerprint density at radius 2 is 2.06 bits per heavy atom. The fraction of sp³-hybridized carbons (Fsp3) is 0.154. The van der Waals surface area contributed by atoms with Gasteiger partial charge in [-0.1, -0.05) is 43.0 Å². The zero-order chi connectivity index (χ0) is 11.8. The maximum absolute atomic E-state index is 11.2. The molecule has 16 heavy (non-hydrogen) atoms. The zero-order valence-electron chi connectivity index (χ0n) is 9.18. The highest BCUT2D eigenvalue weighted by Crippen LogP contribution is 2.15. The van der Waals surface area contributed by atoms with Gasteiger partial charge in [-0.05, 0) is 13.0 Å². The quantitative estimate of drug-likeness (QED) is 0.441. The summed E-state index contributed by atoms with van der Waals surface area (Å²) < 4.78 is 9.76. The van der Waals surface area contributed by atoms with Crippen LogP contribution in [-0.4, -0.2) is 12.8 Å². The van der Waals surface area contributed by atoms with Crippen molar-refractivity contribution in [3.8, 4) is 0 Å². The van der Waals surface area contributed by atoms with E-state index < -0.39 is 6.16 Å². The number of rotatable bonds is 4. The average molecular weight is 218 g/mol. The third-order valence-electron chi connectivity index (χ3n) is 1.83. The molecule has 3 heteroatoms. The van der Waals surface area contributed by atoms with Crippen molar-refractivity contribution in [3.05, 3.63) is 54.6 Å². The number of hydrogen-bond donors (Lipinski definition) is 0. The minimum atomic E-state index is -0.725. The lowest BCUT2D eigenvalue weighted by Crippen LogP contribution is -2.06. The van der Waals surface area contributed by atoms with Crippen molar-refractivity contribution in [3.63, 3.8) is 0 Å². The topological polar surface area (TPSA) is 35.5 Å². The van der Waals surface area contributed by atoms with Gasteiger partial charge in [0.05, 0.1) is 0 Å². The lowest BCUT2D eigenvalue weighted by Gasteiger charge is -2.07. The lowest BCUT2D eigenvalue weighted by atomic mass is 10.2. The molecule has 0 atom stereocenters. The fourth-order valence-corrected chi connectivity index (χ4v) is 1.13. The van der Waals surface area contributed by atoms with Gasteiger partial charge in [-0.15, -0.1) is 0 Å². The Bertz CT molecular complexity index is 379. The maximum Gasteiger partial charge on any atom is 0.514 e. The molecule has 0 bridgehead atoms. The molecular weight excluding hydrogens is 204 g/mol. The number of carbonyl (C=O) groups excluding carboxylic acids is 1. The second kappa shape index (κ2) is 6.45. The molecule has 3 nitrogen and oxygen atoms in total. The van der Waals surface area contributed by atoms with Gasteiger partial charge in [0.15, 0.2) is 0 Å². The van der Waals surface area contributed by atoms with E-state index in [4.69, 9.17) is 9.47 Å². The SMILES string of the molecule is C=CCOC(=O)O/C(=C\C)c1ccccc1. The highest BCUT2D eigenvalue weighted by molar-refractivity contribution is 5.72. The number of ether oxygens (including phenoxy) is 2. The van der Waals surface area contributed by atoms with Crippen molar-refractivity contribution in [1.82, 2.24) is 0 Å². The van der Waals surface area contributed by atoms with Gasteiger partial charge >= 0.3 is 6.16 Å². The van der Waals surface area contributed by atoms with Crippen LogP contribution in [0.2, 0.25) is 0 Å². The van der Waals surface area contributed by atoms with E-state index in [1.165, 1.54) is 6.08 Å². The number of hydrogen-bond acceptors (Lipinski definition) is 3. The van der Waals surface area contributed by atoms with Crippen molar-refractivity contribution >= 4 is 11.9 Å². The van der Waals surface area contributed by atoms with Gasteiger partial charge in [0.25, 0.3) is 0 Å². The predicted molar refractivity (Wildman–Crippen MR) is 62.7 cm³/mol. The second-order valence-corrected chi connectivity index (χ2v) is 2.97. The first-order valence-electron chi connectivity index (χ1n) is 4.95. The van der Waals surface area contributed by atoms with Gasteiger partial charge in [-0.2, -0.15) is 0 Å². The second-order valence-electron chi connectivity index (χ2n) is 2.97. The van der Waals surface area contributed by atoms with Crippen LogP contribution in [0.25, 0.3) is 5.76 Å². The van der Waals surface area contributed by atoms with Crippen LogP contribution in [-0.2, 0) is 9.47 Å². The normalized spacial score (nSPS) is 10.7. The maximum atomic E-state index is 11.2. The summed E-state index contributed by atoms with van der Waals surface area (Å²) in [6, 6.07) is 9.35. The number of allylic oxidation sites excluding steroid dienone is 1. The zero-order valence-corrected chi connectivity index (χ0v) is 9.18. The van der Waals surface area contributed by atoms with Crippen LogP contribution in [0.5, 0.6) is 0 Å². The van der Waals surface area contributed by atoms with Gasteiger partial charge in [0.2, 0.25) is 0 Å². The van der Waals surface area contributed by atoms with Gasteiger partial charge in [-0.25, -0.2) is 4.79 Å². The Morgan fingerprint density at radius 3 is 2.62 bits per heavy atom. The first-order valence-corrected chi connectivity index (χ1v) is 4.95. The summed E-state index contributed by atoms with van der Waals surface area (Å²) in [5.41, 5.74) is 0.834. The molecule has 0 spiro atoms. The predicted octanol–water partition coefficient (Wildman–Crippen LogP) is 3.39. The summed E-state index contributed by atoms with van der Waals surface area (Å²) in [6.07, 6.45) is 2.47. The Morgan fingerprint density at radius 1 is 1.38 bits per heavy atom. The number of carbonyl (C=O) groups is 1. The molecular formula is C13H14O3. The van der Waals surface area contributed by atoms with Gasteiger partial charge in [0, 0.05) is 5.56 Å². The van der Waals surface area contributed by atoms with E-state index in [2.05, 4.69) is 6.58 Å². The minimum absolute atomic E-state index is 0.143. The van der Waals surface area contributed by atoms with Crippen LogP contribution in [0.3, 0.4) is 0 Å². The Hall–Kier alpha value is -2.03. The molecule has 0 heterocycles. The Balaban J connectivity index is 2.64. The molecule has 0 aromatic heterocycles. The van der Waals surface area contributed by atoms with E-state index >= 15 is 0 Å². The molecule has 1 aromatic rings. The van der Waals surface area contributed by atoms with E-state index in [1.807, 2.05) is 30.3 Å². The van der Waals surface area contributed by atoms with E-state index in [0.717, 1.165) is 5.56 Å². The van der Waals surface area contributed by atoms with Crippen molar-refractivity contribution in [1.29, 1.82) is 0 Å². The van der Waals surface area contributed by atoms with Crippen LogP contribution in [0, 0.1) is 0 Å². The van der Waals surface area contributed by atoms with E-state index in [-0.39, 0.29) is 6.61 Å². The molecule has 1 rings (SSSR count). The lowest BCUT2D eigenvalue weighted by molar-refractivity contribution is 0.100. The molecule has 0 aliphatic carbocycles. The standard InChI is InChI=1S/C13H14O3/c1-3-10-15-13(14)16-12(4-2)11-8-6-5-7-9-11/h3-9H,1,10H2,2H3/b12-4-. The van der Waals surface area contributed by atoms with E-state index in [1.54, 1.807) is 13.0 Å². The monoisotopic (exact) mass is 218 g/mol. The van der Waals surface area contributed by atoms with Crippen LogP contribution in [0.4, 0.5) is 4.79 Å². The summed E-state index contributed by atoms with van der Waals surface area (Å²) in [4.78, 5) is 11.2. The minimum Gasteiger partial charge on any atom is -0.430 e. The van der Waals surface area contributed by atoms with Gasteiger partial charge in [0.1, 0.15) is 12.4 Å². The Kier molecular flexibility index (Phi) is 4.86. The van der Waals surface area contributed by atoms with Crippen LogP contribution in [0.15, 0.2) is 49.1 Å². The summed E-state index contributed by atoms with van der Waals surface area (Å²) in [5.74, 6) is 0.481. The van der Waals surface area contributed by atoms with Crippen molar-refractivity contribution < 1.29 is 14.3 Å². The summed E-state index contributed by atoms with van der Waals surface area (Å²) in [6.45, 7) is 5.38. The Labute approximate surface area is 95.0 Å². The molecule has 0 fully saturated rings. The highest BCUT2D eigenvalue weighted by atomic mass is 16.7. The van der Waals surface area contributed by atoms with Crippen LogP contribution in [0.1, 0.15) is 12.5 Å². The molecule has 0 aliphatic heterocycles. The van der Waals surface area contributed by atoms with Crippen molar-refractivity contribution in [2.75, 3.05) is 6.61 Å². The number of benzene rings is 1. The smallest absolute Gasteiger partial charge is 0.430 e. The molecule has 0 amide bonds. The first kappa shape index (κ1) is 12.0. The summed E-state index contributed by atoms with van der Waals surface area (Å²) in [5, 5.41) is 0. The highest BCUT2D eigenvalue weighted by Gasteiger charge is 2.08. The van der Waals surface area contributed by atoms with Crippen molar-refractivity contribution in [2.45, 2.75) is 6.92 Å². The molecule has 84 valence electrons. The molecule has 0 unspecified atom stereocenters. The van der Waals surface area contributed by atoms with Gasteiger partial charge in [-0.3, -0.25) is 0 Å². The van der Waals surface area contributed by atoms with E-state index in [0.29, 0.717) is 5.76 Å². The third kappa shape index (κ3) is 3.61. The molecule has 0 aliphatic rings. The molecule has 0 radical (unpaired) electrons. The summed E-state index contributed by atoms with van der Waals surface area (Å²) >= 11 is 0. The van der Waals surface area contributed by atoms with Crippen LogP contribution >= 0.6 is 0 Å². The van der Waals surface area contributed by atoms with Gasteiger partial charge < -0.3 is 9.47 Å². The summed E-state index contributed by atoms with van der Waals surface area (Å²) in [7, 11) is 0. The van der Waals surface area contributed by atoms with Crippen molar-refractivity contribution in [2.24, 2.45) is 0 Å². The van der Waals surface area contributed by atoms with Crippen LogP contribution < -0.4 is 0 Å². The fourth-order valence-electron chi connectivity index (χ4n) is 1.13. The van der Waals surface area contributed by atoms with E-state index in [9.17, 15) is 4.79 Å². The molecule has 0 N–H and O–H groups in total. The largest absolute Gasteiger partial charge is 0.514 e. The first-order chi connectivity index (χ1) is 7.77. The molecule has 0 saturated heterocycles. The average Bonchev–Trinajstić information content (AvgIpc) is 2.34. The third-order valence-corrected chi connectivity index (χ3v) is 1.83. The molecule has 0 saturated carbocycles.